The van der Waals surface area contributed by atoms with Gasteiger partial charge in [0.1, 0.15) is 0 Å². The van der Waals surface area contributed by atoms with E-state index in [0.29, 0.717) is 54.9 Å². The van der Waals surface area contributed by atoms with Gasteiger partial charge in [0.15, 0.2) is 23.0 Å². The van der Waals surface area contributed by atoms with Crippen LogP contribution in [0.15, 0.2) is 36.4 Å². The summed E-state index contributed by atoms with van der Waals surface area (Å²) in [6.45, 7) is 6.05. The van der Waals surface area contributed by atoms with Gasteiger partial charge in [-0.15, -0.1) is 0 Å². The molecule has 0 aliphatic carbocycles. The van der Waals surface area contributed by atoms with Crippen LogP contribution in [0.3, 0.4) is 0 Å². The zero-order valence-corrected chi connectivity index (χ0v) is 17.9. The predicted octanol–water partition coefficient (Wildman–Crippen LogP) is 2.63. The van der Waals surface area contributed by atoms with Crippen LogP contribution in [0.2, 0.25) is 0 Å². The highest BCUT2D eigenvalue weighted by Crippen LogP contribution is 2.34. The molecule has 4 rings (SSSR count). The molecule has 2 aromatic carbocycles. The summed E-state index contributed by atoms with van der Waals surface area (Å²) in [6.07, 6.45) is 0. The molecule has 8 heteroatoms. The molecule has 2 heterocycles. The molecule has 166 valence electrons. The summed E-state index contributed by atoms with van der Waals surface area (Å²) in [5.74, 6) is 2.48. The molecule has 0 saturated carbocycles. The predicted molar refractivity (Wildman–Crippen MR) is 114 cm³/mol. The number of nitrogens with one attached hydrogen (secondary N) is 1. The van der Waals surface area contributed by atoms with Crippen LogP contribution in [0.4, 0.5) is 0 Å². The fraction of sp³-hybridized carbons (Fsp3) is 0.435. The lowest BCUT2D eigenvalue weighted by Crippen LogP contribution is -2.43. The van der Waals surface area contributed by atoms with Gasteiger partial charge in [-0.3, -0.25) is 9.69 Å². The Kier molecular flexibility index (Phi) is 6.79. The van der Waals surface area contributed by atoms with Crippen molar-refractivity contribution in [3.05, 3.63) is 47.5 Å². The highest BCUT2D eigenvalue weighted by Gasteiger charge is 2.25. The standard InChI is InChI=1S/C23H28N2O6/c1-3-29-19-6-4-16(12-21(19)27-2)18(25-8-10-28-11-9-25)14-24-23(26)17-5-7-20-22(13-17)31-15-30-20/h4-7,12-13,18H,3,8-11,14-15H2,1-2H3,(H,24,26)/t18-/m0/s1. The Bertz CT molecular complexity index is 913. The Labute approximate surface area is 182 Å². The Hall–Kier alpha value is -2.97. The van der Waals surface area contributed by atoms with Crippen LogP contribution in [0.1, 0.15) is 28.9 Å². The van der Waals surface area contributed by atoms with Crippen molar-refractivity contribution in [1.82, 2.24) is 10.2 Å². The molecule has 0 bridgehead atoms. The fourth-order valence-corrected chi connectivity index (χ4v) is 3.84. The normalized spacial score (nSPS) is 16.6. The molecule has 0 radical (unpaired) electrons. The van der Waals surface area contributed by atoms with Crippen LogP contribution in [-0.2, 0) is 4.74 Å². The highest BCUT2D eigenvalue weighted by molar-refractivity contribution is 5.95. The van der Waals surface area contributed by atoms with Crippen molar-refractivity contribution in [3.8, 4) is 23.0 Å². The van der Waals surface area contributed by atoms with Crippen LogP contribution < -0.4 is 24.3 Å². The first-order chi connectivity index (χ1) is 15.2. The minimum atomic E-state index is -0.158. The lowest BCUT2D eigenvalue weighted by atomic mass is 10.0. The van der Waals surface area contributed by atoms with E-state index in [2.05, 4.69) is 10.2 Å². The molecule has 1 atom stereocenters. The number of hydrogen-bond acceptors (Lipinski definition) is 7. The number of benzene rings is 2. The van der Waals surface area contributed by atoms with E-state index in [1.165, 1.54) is 0 Å². The van der Waals surface area contributed by atoms with Crippen molar-refractivity contribution in [3.63, 3.8) is 0 Å². The number of amides is 1. The molecule has 1 amide bonds. The van der Waals surface area contributed by atoms with Crippen LogP contribution >= 0.6 is 0 Å². The van der Waals surface area contributed by atoms with Gasteiger partial charge in [0.25, 0.3) is 5.91 Å². The van der Waals surface area contributed by atoms with E-state index in [0.717, 1.165) is 18.7 Å². The Balaban J connectivity index is 1.52. The van der Waals surface area contributed by atoms with Gasteiger partial charge in [0.05, 0.1) is 33.0 Å². The van der Waals surface area contributed by atoms with Gasteiger partial charge in [-0.1, -0.05) is 6.07 Å². The average molecular weight is 428 g/mol. The molecule has 2 aliphatic heterocycles. The molecule has 2 aliphatic rings. The molecule has 8 nitrogen and oxygen atoms in total. The van der Waals surface area contributed by atoms with E-state index < -0.39 is 0 Å². The molecule has 0 spiro atoms. The Morgan fingerprint density at radius 1 is 1.10 bits per heavy atom. The summed E-state index contributed by atoms with van der Waals surface area (Å²) in [5.41, 5.74) is 1.59. The Morgan fingerprint density at radius 3 is 2.68 bits per heavy atom. The molecule has 1 N–H and O–H groups in total. The fourth-order valence-electron chi connectivity index (χ4n) is 3.84. The summed E-state index contributed by atoms with van der Waals surface area (Å²) in [5, 5.41) is 3.07. The molecule has 2 aromatic rings. The second kappa shape index (κ2) is 9.89. The maximum absolute atomic E-state index is 12.8. The number of fused-ring (bicyclic) bond motifs is 1. The van der Waals surface area contributed by atoms with Crippen molar-refractivity contribution in [2.24, 2.45) is 0 Å². The molecule has 1 fully saturated rings. The van der Waals surface area contributed by atoms with Crippen LogP contribution in [0, 0.1) is 0 Å². The number of methoxy groups -OCH3 is 1. The third-order valence-corrected chi connectivity index (χ3v) is 5.45. The van der Waals surface area contributed by atoms with Crippen LogP contribution in [0.25, 0.3) is 0 Å². The molecule has 1 saturated heterocycles. The van der Waals surface area contributed by atoms with Gasteiger partial charge in [-0.05, 0) is 42.8 Å². The number of ether oxygens (including phenoxy) is 5. The smallest absolute Gasteiger partial charge is 0.251 e. The van der Waals surface area contributed by atoms with Gasteiger partial charge >= 0.3 is 0 Å². The summed E-state index contributed by atoms with van der Waals surface area (Å²) < 4.78 is 27.4. The van der Waals surface area contributed by atoms with Gasteiger partial charge in [-0.2, -0.15) is 0 Å². The first kappa shape index (κ1) is 21.3. The van der Waals surface area contributed by atoms with E-state index in [-0.39, 0.29) is 18.7 Å². The second-order valence-corrected chi connectivity index (χ2v) is 7.29. The number of morpholine rings is 1. The zero-order chi connectivity index (χ0) is 21.6. The molecule has 0 unspecified atom stereocenters. The number of rotatable bonds is 8. The molecular weight excluding hydrogens is 400 g/mol. The molecular formula is C23H28N2O6. The minimum Gasteiger partial charge on any atom is -0.493 e. The van der Waals surface area contributed by atoms with Crippen LogP contribution in [0.5, 0.6) is 23.0 Å². The molecule has 31 heavy (non-hydrogen) atoms. The van der Waals surface area contributed by atoms with Crippen molar-refractivity contribution in [2.75, 3.05) is 53.4 Å². The summed E-state index contributed by atoms with van der Waals surface area (Å²) in [6, 6.07) is 11.1. The lowest BCUT2D eigenvalue weighted by molar-refractivity contribution is 0.0162. The van der Waals surface area contributed by atoms with Gasteiger partial charge in [0.2, 0.25) is 6.79 Å². The maximum atomic E-state index is 12.8. The number of nitrogens with zero attached hydrogens (tertiary/aromatic N) is 1. The minimum absolute atomic E-state index is 0.0218. The second-order valence-electron chi connectivity index (χ2n) is 7.29. The summed E-state index contributed by atoms with van der Waals surface area (Å²) in [4.78, 5) is 15.1. The number of hydrogen-bond donors (Lipinski definition) is 1. The summed E-state index contributed by atoms with van der Waals surface area (Å²) in [7, 11) is 1.63. The van der Waals surface area contributed by atoms with Crippen molar-refractivity contribution in [2.45, 2.75) is 13.0 Å². The molecule has 0 aromatic heterocycles. The van der Waals surface area contributed by atoms with E-state index in [1.807, 2.05) is 25.1 Å². The highest BCUT2D eigenvalue weighted by atomic mass is 16.7. The van der Waals surface area contributed by atoms with E-state index in [4.69, 9.17) is 23.7 Å². The monoisotopic (exact) mass is 428 g/mol. The van der Waals surface area contributed by atoms with Gasteiger partial charge < -0.3 is 29.0 Å². The van der Waals surface area contributed by atoms with Crippen molar-refractivity contribution >= 4 is 5.91 Å². The zero-order valence-electron chi connectivity index (χ0n) is 17.9. The number of carbonyl (C=O) groups is 1. The van der Waals surface area contributed by atoms with Crippen molar-refractivity contribution < 1.29 is 28.5 Å². The third kappa shape index (κ3) is 4.86. The van der Waals surface area contributed by atoms with Crippen molar-refractivity contribution in [1.29, 1.82) is 0 Å². The Morgan fingerprint density at radius 2 is 1.90 bits per heavy atom. The summed E-state index contributed by atoms with van der Waals surface area (Å²) >= 11 is 0. The maximum Gasteiger partial charge on any atom is 0.251 e. The average Bonchev–Trinajstić information content (AvgIpc) is 3.28. The SMILES string of the molecule is CCOc1ccc([C@H](CNC(=O)c2ccc3c(c2)OCO3)N2CCOCC2)cc1OC. The van der Waals surface area contributed by atoms with Gasteiger partial charge in [-0.25, -0.2) is 0 Å². The lowest BCUT2D eigenvalue weighted by Gasteiger charge is -2.35. The van der Waals surface area contributed by atoms with E-state index in [1.54, 1.807) is 25.3 Å². The van der Waals surface area contributed by atoms with E-state index in [9.17, 15) is 4.79 Å². The van der Waals surface area contributed by atoms with Crippen LogP contribution in [-0.4, -0.2) is 64.2 Å². The third-order valence-electron chi connectivity index (χ3n) is 5.45. The quantitative estimate of drug-likeness (QED) is 0.693. The topological polar surface area (TPSA) is 78.5 Å². The van der Waals surface area contributed by atoms with E-state index >= 15 is 0 Å². The first-order valence-corrected chi connectivity index (χ1v) is 10.5. The first-order valence-electron chi connectivity index (χ1n) is 10.5. The largest absolute Gasteiger partial charge is 0.493 e. The number of carbonyl (C=O) groups excluding carboxylic acids is 1. The van der Waals surface area contributed by atoms with Gasteiger partial charge in [0, 0.05) is 25.2 Å².